The highest BCUT2D eigenvalue weighted by molar-refractivity contribution is 6.33. The van der Waals surface area contributed by atoms with Gasteiger partial charge in [-0.05, 0) is 29.8 Å². The van der Waals surface area contributed by atoms with E-state index in [-0.39, 0.29) is 11.4 Å². The molecule has 0 aliphatic heterocycles. The number of H-pyrrole nitrogens is 1. The third kappa shape index (κ3) is 2.07. The van der Waals surface area contributed by atoms with Crippen LogP contribution in [-0.4, -0.2) is 4.98 Å². The highest BCUT2D eigenvalue weighted by Gasteiger charge is 2.04. The zero-order chi connectivity index (χ0) is 10.8. The van der Waals surface area contributed by atoms with Crippen LogP contribution in [-0.2, 0) is 0 Å². The quantitative estimate of drug-likeness (QED) is 0.792. The van der Waals surface area contributed by atoms with Crippen molar-refractivity contribution in [3.05, 3.63) is 57.7 Å². The second kappa shape index (κ2) is 3.87. The Hall–Kier alpha value is -1.61. The van der Waals surface area contributed by atoms with Gasteiger partial charge in [0.1, 0.15) is 5.82 Å². The first kappa shape index (κ1) is 9.93. The highest BCUT2D eigenvalue weighted by atomic mass is 35.5. The van der Waals surface area contributed by atoms with Gasteiger partial charge in [-0.15, -0.1) is 0 Å². The molecule has 1 heterocycles. The maximum Gasteiger partial charge on any atom is 0.247 e. The smallest absolute Gasteiger partial charge is 0.247 e. The van der Waals surface area contributed by atoms with Crippen molar-refractivity contribution in [3.8, 4) is 11.1 Å². The average Bonchev–Trinajstić information content (AvgIpc) is 2.23. The van der Waals surface area contributed by atoms with Gasteiger partial charge in [0.05, 0.1) is 0 Å². The number of halogens is 2. The van der Waals surface area contributed by atoms with Crippen LogP contribution in [0.1, 0.15) is 0 Å². The van der Waals surface area contributed by atoms with Crippen molar-refractivity contribution in [2.24, 2.45) is 0 Å². The number of rotatable bonds is 1. The molecule has 0 saturated heterocycles. The molecule has 0 amide bonds. The van der Waals surface area contributed by atoms with Crippen molar-refractivity contribution in [2.45, 2.75) is 0 Å². The Labute approximate surface area is 90.3 Å². The fraction of sp³-hybridized carbons (Fsp3) is 0. The second-order valence-corrected chi connectivity index (χ2v) is 3.47. The Morgan fingerprint density at radius 1 is 1.20 bits per heavy atom. The normalized spacial score (nSPS) is 10.3. The molecule has 4 heteroatoms. The zero-order valence-electron chi connectivity index (χ0n) is 7.63. The molecule has 0 aliphatic rings. The zero-order valence-corrected chi connectivity index (χ0v) is 8.38. The molecule has 1 N–H and O–H groups in total. The minimum Gasteiger partial charge on any atom is -0.328 e. The van der Waals surface area contributed by atoms with Crippen molar-refractivity contribution in [1.29, 1.82) is 0 Å². The summed E-state index contributed by atoms with van der Waals surface area (Å²) in [5, 5.41) is 0.448. The summed E-state index contributed by atoms with van der Waals surface area (Å²) in [5.41, 5.74) is 1.04. The second-order valence-electron chi connectivity index (χ2n) is 3.07. The molecule has 0 spiro atoms. The van der Waals surface area contributed by atoms with E-state index in [0.717, 1.165) is 0 Å². The molecule has 0 saturated carbocycles. The van der Waals surface area contributed by atoms with Crippen molar-refractivity contribution in [1.82, 2.24) is 4.98 Å². The van der Waals surface area contributed by atoms with Crippen molar-refractivity contribution < 1.29 is 4.39 Å². The SMILES string of the molecule is O=c1ccc(-c2cc(F)ccc2Cl)c[nH]1. The average molecular weight is 224 g/mol. The lowest BCUT2D eigenvalue weighted by molar-refractivity contribution is 0.628. The van der Waals surface area contributed by atoms with Crippen LogP contribution in [0.5, 0.6) is 0 Å². The number of hydrogen-bond acceptors (Lipinski definition) is 1. The third-order valence-corrected chi connectivity index (χ3v) is 2.35. The lowest BCUT2D eigenvalue weighted by Crippen LogP contribution is -2.01. The Bertz CT molecular complexity index is 530. The first-order chi connectivity index (χ1) is 7.16. The first-order valence-corrected chi connectivity index (χ1v) is 4.69. The lowest BCUT2D eigenvalue weighted by Gasteiger charge is -2.03. The van der Waals surface area contributed by atoms with Gasteiger partial charge in [0.15, 0.2) is 0 Å². The molecule has 0 fully saturated rings. The summed E-state index contributed by atoms with van der Waals surface area (Å²) in [5.74, 6) is -0.361. The summed E-state index contributed by atoms with van der Waals surface area (Å²) >= 11 is 5.91. The summed E-state index contributed by atoms with van der Waals surface area (Å²) in [4.78, 5) is 13.4. The van der Waals surface area contributed by atoms with E-state index in [2.05, 4.69) is 4.98 Å². The van der Waals surface area contributed by atoms with Gasteiger partial charge in [-0.1, -0.05) is 11.6 Å². The number of pyridine rings is 1. The van der Waals surface area contributed by atoms with Crippen LogP contribution in [0.15, 0.2) is 41.3 Å². The van der Waals surface area contributed by atoms with Crippen LogP contribution in [0.3, 0.4) is 0 Å². The number of aromatic nitrogens is 1. The summed E-state index contributed by atoms with van der Waals surface area (Å²) in [6.07, 6.45) is 1.50. The van der Waals surface area contributed by atoms with Crippen molar-refractivity contribution in [3.63, 3.8) is 0 Å². The Balaban J connectivity index is 2.58. The van der Waals surface area contributed by atoms with E-state index >= 15 is 0 Å². The molecule has 0 aliphatic carbocycles. The van der Waals surface area contributed by atoms with Gasteiger partial charge < -0.3 is 4.98 Å². The van der Waals surface area contributed by atoms with E-state index in [1.807, 2.05) is 0 Å². The third-order valence-electron chi connectivity index (χ3n) is 2.02. The van der Waals surface area contributed by atoms with Gasteiger partial charge in [0, 0.05) is 22.8 Å². The minimum absolute atomic E-state index is 0.203. The van der Waals surface area contributed by atoms with Crippen LogP contribution in [0.4, 0.5) is 4.39 Å². The van der Waals surface area contributed by atoms with Crippen molar-refractivity contribution >= 4 is 11.6 Å². The standard InChI is InChI=1S/C11H7ClFNO/c12-10-3-2-8(13)5-9(10)7-1-4-11(15)14-6-7/h1-6H,(H,14,15). The van der Waals surface area contributed by atoms with Gasteiger partial charge >= 0.3 is 0 Å². The predicted molar refractivity (Wildman–Crippen MR) is 57.5 cm³/mol. The molecule has 0 bridgehead atoms. The van der Waals surface area contributed by atoms with Crippen LogP contribution in [0.25, 0.3) is 11.1 Å². The van der Waals surface area contributed by atoms with E-state index in [0.29, 0.717) is 16.1 Å². The van der Waals surface area contributed by atoms with E-state index in [9.17, 15) is 9.18 Å². The molecular weight excluding hydrogens is 217 g/mol. The molecule has 1 aromatic heterocycles. The molecule has 15 heavy (non-hydrogen) atoms. The molecule has 0 radical (unpaired) electrons. The number of nitrogens with one attached hydrogen (secondary N) is 1. The fourth-order valence-corrected chi connectivity index (χ4v) is 1.52. The topological polar surface area (TPSA) is 32.9 Å². The first-order valence-electron chi connectivity index (χ1n) is 4.31. The fourth-order valence-electron chi connectivity index (χ4n) is 1.30. The molecule has 1 aromatic carbocycles. The Kier molecular flexibility index (Phi) is 2.56. The number of benzene rings is 1. The van der Waals surface area contributed by atoms with Crippen LogP contribution < -0.4 is 5.56 Å². The maximum atomic E-state index is 13.0. The van der Waals surface area contributed by atoms with E-state index in [1.54, 1.807) is 6.07 Å². The largest absolute Gasteiger partial charge is 0.328 e. The highest BCUT2D eigenvalue weighted by Crippen LogP contribution is 2.27. The van der Waals surface area contributed by atoms with E-state index in [1.165, 1.54) is 30.5 Å². The summed E-state index contributed by atoms with van der Waals surface area (Å²) in [6, 6.07) is 7.07. The molecule has 0 atom stereocenters. The molecule has 0 unspecified atom stereocenters. The van der Waals surface area contributed by atoms with E-state index < -0.39 is 0 Å². The number of aromatic amines is 1. The molecular formula is C11H7ClFNO. The summed E-state index contributed by atoms with van der Waals surface area (Å²) in [6.45, 7) is 0. The summed E-state index contributed by atoms with van der Waals surface area (Å²) in [7, 11) is 0. The summed E-state index contributed by atoms with van der Waals surface area (Å²) < 4.78 is 13.0. The monoisotopic (exact) mass is 223 g/mol. The predicted octanol–water partition coefficient (Wildman–Crippen LogP) is 2.83. The van der Waals surface area contributed by atoms with Crippen molar-refractivity contribution in [2.75, 3.05) is 0 Å². The Morgan fingerprint density at radius 2 is 2.00 bits per heavy atom. The van der Waals surface area contributed by atoms with Gasteiger partial charge in [-0.25, -0.2) is 4.39 Å². The molecule has 2 nitrogen and oxygen atoms in total. The van der Waals surface area contributed by atoms with Gasteiger partial charge in [0.2, 0.25) is 5.56 Å². The van der Waals surface area contributed by atoms with E-state index in [4.69, 9.17) is 11.6 Å². The maximum absolute atomic E-state index is 13.0. The lowest BCUT2D eigenvalue weighted by atomic mass is 10.1. The molecule has 76 valence electrons. The van der Waals surface area contributed by atoms with Gasteiger partial charge in [0.25, 0.3) is 0 Å². The van der Waals surface area contributed by atoms with Gasteiger partial charge in [-0.3, -0.25) is 4.79 Å². The van der Waals surface area contributed by atoms with Crippen LogP contribution >= 0.6 is 11.6 Å². The molecule has 2 rings (SSSR count). The minimum atomic E-state index is -0.361. The number of hydrogen-bond donors (Lipinski definition) is 1. The van der Waals surface area contributed by atoms with Gasteiger partial charge in [-0.2, -0.15) is 0 Å². The molecule has 2 aromatic rings. The van der Waals surface area contributed by atoms with Crippen LogP contribution in [0.2, 0.25) is 5.02 Å². The Morgan fingerprint density at radius 3 is 2.67 bits per heavy atom. The van der Waals surface area contributed by atoms with Crippen LogP contribution in [0, 0.1) is 5.82 Å².